The topological polar surface area (TPSA) is 36.7 Å². The summed E-state index contributed by atoms with van der Waals surface area (Å²) in [5.74, 6) is 0. The van der Waals surface area contributed by atoms with Crippen LogP contribution >= 0.6 is 22.9 Å². The smallest absolute Gasteiger partial charge is 0.124 e. The highest BCUT2D eigenvalue weighted by Gasteiger charge is 2.02. The summed E-state index contributed by atoms with van der Waals surface area (Å²) in [6, 6.07) is 9.73. The summed E-state index contributed by atoms with van der Waals surface area (Å²) >= 11 is 7.21. The van der Waals surface area contributed by atoms with Gasteiger partial charge < -0.3 is 0 Å². The second kappa shape index (κ2) is 4.43. The fourth-order valence-corrected chi connectivity index (χ4v) is 2.10. The molecule has 0 unspecified atom stereocenters. The lowest BCUT2D eigenvalue weighted by Gasteiger charge is -1.97. The highest BCUT2D eigenvalue weighted by atomic mass is 35.5. The molecule has 1 aromatic carbocycles. The third kappa shape index (κ3) is 2.56. The molecule has 0 saturated heterocycles. The zero-order valence-electron chi connectivity index (χ0n) is 7.77. The van der Waals surface area contributed by atoms with Crippen molar-refractivity contribution in [2.75, 3.05) is 0 Å². The summed E-state index contributed by atoms with van der Waals surface area (Å²) in [6.07, 6.45) is 2.36. The normalized spacial score (nSPS) is 9.87. The number of nitriles is 1. The first-order valence-electron chi connectivity index (χ1n) is 4.37. The number of hydrogen-bond acceptors (Lipinski definition) is 3. The Bertz CT molecular complexity index is 496. The van der Waals surface area contributed by atoms with Gasteiger partial charge in [-0.25, -0.2) is 4.98 Å². The summed E-state index contributed by atoms with van der Waals surface area (Å²) in [4.78, 5) is 4.82. The molecule has 1 heterocycles. The third-order valence-corrected chi connectivity index (χ3v) is 3.09. The van der Waals surface area contributed by atoms with Crippen LogP contribution in [0, 0.1) is 11.3 Å². The van der Waals surface area contributed by atoms with Crippen molar-refractivity contribution in [1.82, 2.24) is 4.98 Å². The van der Waals surface area contributed by atoms with Crippen LogP contribution in [0.3, 0.4) is 0 Å². The lowest BCUT2D eigenvalue weighted by atomic mass is 10.2. The molecule has 74 valence electrons. The van der Waals surface area contributed by atoms with E-state index in [1.54, 1.807) is 6.20 Å². The van der Waals surface area contributed by atoms with E-state index in [1.807, 2.05) is 24.3 Å². The number of aromatic nitrogens is 1. The molecule has 4 heteroatoms. The lowest BCUT2D eigenvalue weighted by Crippen LogP contribution is -1.85. The van der Waals surface area contributed by atoms with Crippen molar-refractivity contribution in [2.24, 2.45) is 0 Å². The van der Waals surface area contributed by atoms with Crippen LogP contribution in [0.5, 0.6) is 0 Å². The summed E-state index contributed by atoms with van der Waals surface area (Å²) in [5, 5.41) is 10.3. The second-order valence-corrected chi connectivity index (χ2v) is 4.58. The summed E-state index contributed by atoms with van der Waals surface area (Å²) < 4.78 is 0. The molecule has 2 rings (SSSR count). The number of thiazole rings is 1. The Kier molecular flexibility index (Phi) is 3.00. The van der Waals surface area contributed by atoms with E-state index in [0.717, 1.165) is 22.0 Å². The third-order valence-electron chi connectivity index (χ3n) is 1.93. The van der Waals surface area contributed by atoms with Crippen LogP contribution in [0.1, 0.15) is 15.4 Å². The number of benzene rings is 1. The summed E-state index contributed by atoms with van der Waals surface area (Å²) in [7, 11) is 0. The number of nitrogens with zero attached hydrogens (tertiary/aromatic N) is 2. The van der Waals surface area contributed by atoms with E-state index in [2.05, 4.69) is 11.1 Å². The van der Waals surface area contributed by atoms with Crippen LogP contribution in [0.4, 0.5) is 0 Å². The van der Waals surface area contributed by atoms with Gasteiger partial charge in [-0.15, -0.1) is 11.3 Å². The first kappa shape index (κ1) is 10.2. The highest BCUT2D eigenvalue weighted by Crippen LogP contribution is 2.17. The van der Waals surface area contributed by atoms with E-state index < -0.39 is 0 Å². The van der Waals surface area contributed by atoms with Gasteiger partial charge in [-0.1, -0.05) is 23.7 Å². The Morgan fingerprint density at radius 1 is 1.33 bits per heavy atom. The van der Waals surface area contributed by atoms with Crippen molar-refractivity contribution in [3.63, 3.8) is 0 Å². The Morgan fingerprint density at radius 3 is 2.67 bits per heavy atom. The summed E-state index contributed by atoms with van der Waals surface area (Å²) in [6.45, 7) is 0. The molecule has 0 fully saturated rings. The van der Waals surface area contributed by atoms with Gasteiger partial charge in [0, 0.05) is 11.4 Å². The molecule has 0 spiro atoms. The number of hydrogen-bond donors (Lipinski definition) is 0. The van der Waals surface area contributed by atoms with Crippen LogP contribution in [0.25, 0.3) is 0 Å². The molecule has 0 N–H and O–H groups in total. The molecular weight excluding hydrogens is 228 g/mol. The van der Waals surface area contributed by atoms with Gasteiger partial charge in [0.1, 0.15) is 10.9 Å². The lowest BCUT2D eigenvalue weighted by molar-refractivity contribution is 1.14. The van der Waals surface area contributed by atoms with Crippen LogP contribution in [-0.2, 0) is 6.42 Å². The van der Waals surface area contributed by atoms with E-state index in [9.17, 15) is 0 Å². The van der Waals surface area contributed by atoms with Crippen LogP contribution in [0.15, 0.2) is 30.5 Å². The maximum Gasteiger partial charge on any atom is 0.124 e. The average Bonchev–Trinajstić information content (AvgIpc) is 2.69. The fraction of sp³-hybridized carbons (Fsp3) is 0.0909. The van der Waals surface area contributed by atoms with Gasteiger partial charge in [0.05, 0.1) is 11.2 Å². The quantitative estimate of drug-likeness (QED) is 0.800. The molecule has 2 nitrogen and oxygen atoms in total. The van der Waals surface area contributed by atoms with Crippen molar-refractivity contribution >= 4 is 22.9 Å². The average molecular weight is 235 g/mol. The van der Waals surface area contributed by atoms with Crippen molar-refractivity contribution in [3.05, 3.63) is 50.9 Å². The molecule has 0 bridgehead atoms. The molecule has 0 aliphatic heterocycles. The highest BCUT2D eigenvalue weighted by molar-refractivity contribution is 7.12. The Morgan fingerprint density at radius 2 is 2.07 bits per heavy atom. The predicted octanol–water partition coefficient (Wildman–Crippen LogP) is 3.26. The first-order valence-corrected chi connectivity index (χ1v) is 5.56. The van der Waals surface area contributed by atoms with Gasteiger partial charge >= 0.3 is 0 Å². The summed E-state index contributed by atoms with van der Waals surface area (Å²) in [5.41, 5.74) is 1.15. The molecule has 2 aromatic rings. The maximum atomic E-state index is 8.66. The number of rotatable bonds is 2. The Hall–Kier alpha value is -1.37. The molecule has 0 radical (unpaired) electrons. The fourth-order valence-electron chi connectivity index (χ4n) is 1.22. The van der Waals surface area contributed by atoms with Gasteiger partial charge in [0.25, 0.3) is 0 Å². The minimum atomic E-state index is 0.652. The van der Waals surface area contributed by atoms with Gasteiger partial charge in [-0.3, -0.25) is 0 Å². The van der Waals surface area contributed by atoms with Gasteiger partial charge in [-0.05, 0) is 17.7 Å². The molecule has 0 aliphatic rings. The van der Waals surface area contributed by atoms with Crippen LogP contribution < -0.4 is 0 Å². The molecule has 0 aliphatic carbocycles. The van der Waals surface area contributed by atoms with E-state index in [0.29, 0.717) is 4.88 Å². The molecule has 15 heavy (non-hydrogen) atoms. The van der Waals surface area contributed by atoms with Gasteiger partial charge in [-0.2, -0.15) is 5.26 Å². The first-order chi connectivity index (χ1) is 7.28. The standard InChI is InChI=1S/C11H7ClN2S/c12-9-3-1-8(2-4-9)5-11-14-7-10(6-13)15-11/h1-4,7H,5H2. The molecule has 1 aromatic heterocycles. The largest absolute Gasteiger partial charge is 0.248 e. The molecular formula is C11H7ClN2S. The Labute approximate surface area is 96.8 Å². The zero-order chi connectivity index (χ0) is 10.7. The molecule has 0 amide bonds. The van der Waals surface area contributed by atoms with Crippen LogP contribution in [0.2, 0.25) is 5.02 Å². The minimum Gasteiger partial charge on any atom is -0.248 e. The van der Waals surface area contributed by atoms with E-state index in [-0.39, 0.29) is 0 Å². The molecule has 0 atom stereocenters. The zero-order valence-corrected chi connectivity index (χ0v) is 9.35. The van der Waals surface area contributed by atoms with Crippen molar-refractivity contribution in [1.29, 1.82) is 5.26 Å². The number of halogens is 1. The molecule has 0 saturated carbocycles. The SMILES string of the molecule is N#Cc1cnc(Cc2ccc(Cl)cc2)s1. The monoisotopic (exact) mass is 234 g/mol. The van der Waals surface area contributed by atoms with E-state index in [1.165, 1.54) is 11.3 Å². The minimum absolute atomic E-state index is 0.652. The second-order valence-electron chi connectivity index (χ2n) is 3.03. The van der Waals surface area contributed by atoms with Gasteiger partial charge in [0.2, 0.25) is 0 Å². The maximum absolute atomic E-state index is 8.66. The van der Waals surface area contributed by atoms with Crippen LogP contribution in [-0.4, -0.2) is 4.98 Å². The van der Waals surface area contributed by atoms with Gasteiger partial charge in [0.15, 0.2) is 0 Å². The van der Waals surface area contributed by atoms with Crippen molar-refractivity contribution in [3.8, 4) is 6.07 Å². The van der Waals surface area contributed by atoms with E-state index in [4.69, 9.17) is 16.9 Å². The van der Waals surface area contributed by atoms with Crippen molar-refractivity contribution in [2.45, 2.75) is 6.42 Å². The van der Waals surface area contributed by atoms with Crippen molar-refractivity contribution < 1.29 is 0 Å². The predicted molar refractivity (Wildman–Crippen MR) is 61.1 cm³/mol. The Balaban J connectivity index is 2.15. The van der Waals surface area contributed by atoms with E-state index >= 15 is 0 Å².